The van der Waals surface area contributed by atoms with Crippen LogP contribution >= 0.6 is 11.3 Å². The lowest BCUT2D eigenvalue weighted by Crippen LogP contribution is -2.39. The maximum atomic E-state index is 13.0. The molecule has 3 aromatic rings. The van der Waals surface area contributed by atoms with Gasteiger partial charge in [-0.15, -0.1) is 11.3 Å². The van der Waals surface area contributed by atoms with E-state index < -0.39 is 22.6 Å². The average molecular weight is 398 g/mol. The largest absolute Gasteiger partial charge is 0.423 e. The number of anilines is 2. The number of alkyl halides is 3. The highest BCUT2D eigenvalue weighted by molar-refractivity contribution is 7.15. The number of halogens is 4. The molecule has 5 nitrogen and oxygen atoms in total. The summed E-state index contributed by atoms with van der Waals surface area (Å²) in [6.07, 6.45) is -1.52. The fraction of sp³-hybridized carbons (Fsp3) is 0.235. The van der Waals surface area contributed by atoms with Crippen LogP contribution in [0.25, 0.3) is 10.4 Å². The fourth-order valence-electron chi connectivity index (χ4n) is 2.26. The molecule has 1 aromatic carbocycles. The number of thiazole rings is 1. The van der Waals surface area contributed by atoms with E-state index in [1.165, 1.54) is 6.20 Å². The van der Waals surface area contributed by atoms with Crippen molar-refractivity contribution in [2.75, 3.05) is 5.32 Å². The van der Waals surface area contributed by atoms with Crippen molar-refractivity contribution in [3.05, 3.63) is 53.2 Å². The van der Waals surface area contributed by atoms with Gasteiger partial charge in [0.2, 0.25) is 11.5 Å². The van der Waals surface area contributed by atoms with Gasteiger partial charge in [-0.05, 0) is 37.1 Å². The minimum atomic E-state index is -4.83. The van der Waals surface area contributed by atoms with E-state index in [2.05, 4.69) is 20.3 Å². The number of aliphatic hydroxyl groups is 1. The van der Waals surface area contributed by atoms with Gasteiger partial charge >= 0.3 is 6.18 Å². The maximum Gasteiger partial charge on any atom is 0.423 e. The molecule has 3 rings (SSSR count). The van der Waals surface area contributed by atoms with Gasteiger partial charge < -0.3 is 10.4 Å². The van der Waals surface area contributed by atoms with Crippen LogP contribution in [-0.2, 0) is 5.60 Å². The SMILES string of the molecule is Cc1cc(Nc2ncc(F)cn2)cc(-c2cnc(C(C)(O)C(F)(F)F)s2)c1. The highest BCUT2D eigenvalue weighted by Gasteiger charge is 2.53. The molecule has 0 saturated heterocycles. The molecule has 0 aliphatic rings. The second-order valence-corrected chi connectivity index (χ2v) is 7.07. The van der Waals surface area contributed by atoms with Gasteiger partial charge in [0.1, 0.15) is 5.01 Å². The molecule has 0 fully saturated rings. The molecule has 0 aliphatic heterocycles. The van der Waals surface area contributed by atoms with Crippen molar-refractivity contribution < 1.29 is 22.7 Å². The van der Waals surface area contributed by atoms with Crippen molar-refractivity contribution in [2.24, 2.45) is 0 Å². The molecule has 0 radical (unpaired) electrons. The van der Waals surface area contributed by atoms with Crippen molar-refractivity contribution >= 4 is 23.0 Å². The number of nitrogens with one attached hydrogen (secondary N) is 1. The summed E-state index contributed by atoms with van der Waals surface area (Å²) >= 11 is 0.756. The van der Waals surface area contributed by atoms with E-state index in [0.717, 1.165) is 29.3 Å². The van der Waals surface area contributed by atoms with Crippen molar-refractivity contribution in [1.82, 2.24) is 15.0 Å². The zero-order valence-corrected chi connectivity index (χ0v) is 15.0. The summed E-state index contributed by atoms with van der Waals surface area (Å²) < 4.78 is 51.9. The third-order valence-corrected chi connectivity index (χ3v) is 4.97. The van der Waals surface area contributed by atoms with Crippen LogP contribution in [0, 0.1) is 12.7 Å². The molecule has 0 amide bonds. The van der Waals surface area contributed by atoms with Crippen LogP contribution in [0.2, 0.25) is 0 Å². The second kappa shape index (κ2) is 6.86. The normalized spacial score (nSPS) is 14.0. The summed E-state index contributed by atoms with van der Waals surface area (Å²) in [5.74, 6) is -0.391. The standard InChI is InChI=1S/C17H14F4N4OS/c1-9-3-10(5-12(4-9)25-15-23-6-11(18)7-24-15)13-8-22-14(27-13)16(2,26)17(19,20)21/h3-8,26H,1-2H3,(H,23,24,25). The Kier molecular flexibility index (Phi) is 4.87. The summed E-state index contributed by atoms with van der Waals surface area (Å²) in [5.41, 5.74) is -1.01. The Morgan fingerprint density at radius 3 is 2.33 bits per heavy atom. The van der Waals surface area contributed by atoms with E-state index in [9.17, 15) is 22.7 Å². The van der Waals surface area contributed by atoms with Gasteiger partial charge in [0, 0.05) is 11.9 Å². The predicted octanol–water partition coefficient (Wildman–Crippen LogP) is 4.56. The van der Waals surface area contributed by atoms with E-state index in [-0.39, 0.29) is 5.95 Å². The number of rotatable bonds is 4. The van der Waals surface area contributed by atoms with E-state index in [1.807, 2.05) is 6.92 Å². The Labute approximate surface area is 155 Å². The van der Waals surface area contributed by atoms with Crippen LogP contribution in [0.1, 0.15) is 17.5 Å². The van der Waals surface area contributed by atoms with Crippen LogP contribution in [0.3, 0.4) is 0 Å². The maximum absolute atomic E-state index is 13.0. The van der Waals surface area contributed by atoms with Crippen LogP contribution in [0.4, 0.5) is 29.2 Å². The molecular weight excluding hydrogens is 384 g/mol. The van der Waals surface area contributed by atoms with Gasteiger partial charge in [-0.2, -0.15) is 13.2 Å². The zero-order valence-electron chi connectivity index (χ0n) is 14.2. The first-order valence-electron chi connectivity index (χ1n) is 7.68. The molecule has 1 atom stereocenters. The highest BCUT2D eigenvalue weighted by Crippen LogP contribution is 2.42. The number of hydrogen-bond acceptors (Lipinski definition) is 6. The molecule has 2 aromatic heterocycles. The molecule has 0 aliphatic carbocycles. The highest BCUT2D eigenvalue weighted by atomic mass is 32.1. The van der Waals surface area contributed by atoms with Crippen molar-refractivity contribution in [1.29, 1.82) is 0 Å². The molecule has 0 spiro atoms. The van der Waals surface area contributed by atoms with Crippen LogP contribution in [0.15, 0.2) is 36.8 Å². The Morgan fingerprint density at radius 2 is 1.70 bits per heavy atom. The summed E-state index contributed by atoms with van der Waals surface area (Å²) in [7, 11) is 0. The van der Waals surface area contributed by atoms with Gasteiger partial charge in [0.25, 0.3) is 0 Å². The lowest BCUT2D eigenvalue weighted by molar-refractivity contribution is -0.258. The number of aryl methyl sites for hydroxylation is 1. The number of aromatic nitrogens is 3. The Balaban J connectivity index is 1.92. The Bertz CT molecular complexity index is 954. The molecule has 10 heteroatoms. The Hall–Kier alpha value is -2.59. The zero-order chi connectivity index (χ0) is 19.8. The van der Waals surface area contributed by atoms with E-state index in [1.54, 1.807) is 18.2 Å². The quantitative estimate of drug-likeness (QED) is 0.631. The van der Waals surface area contributed by atoms with Gasteiger partial charge in [-0.3, -0.25) is 0 Å². The predicted molar refractivity (Wildman–Crippen MR) is 93.2 cm³/mol. The second-order valence-electron chi connectivity index (χ2n) is 6.04. The number of hydrogen-bond donors (Lipinski definition) is 2. The van der Waals surface area contributed by atoms with Crippen molar-refractivity contribution in [3.63, 3.8) is 0 Å². The smallest absolute Gasteiger partial charge is 0.375 e. The minimum Gasteiger partial charge on any atom is -0.375 e. The minimum absolute atomic E-state index is 0.179. The van der Waals surface area contributed by atoms with Crippen LogP contribution < -0.4 is 5.32 Å². The molecule has 2 N–H and O–H groups in total. The van der Waals surface area contributed by atoms with Crippen LogP contribution in [0.5, 0.6) is 0 Å². The van der Waals surface area contributed by atoms with Gasteiger partial charge in [0.05, 0.1) is 17.3 Å². The van der Waals surface area contributed by atoms with Gasteiger partial charge in [-0.25, -0.2) is 19.3 Å². The summed E-state index contributed by atoms with van der Waals surface area (Å²) in [6, 6.07) is 5.24. The van der Waals surface area contributed by atoms with Crippen LogP contribution in [-0.4, -0.2) is 26.2 Å². The molecular formula is C17H14F4N4OS. The third-order valence-electron chi connectivity index (χ3n) is 3.71. The molecule has 0 saturated carbocycles. The third kappa shape index (κ3) is 4.06. The Morgan fingerprint density at radius 1 is 1.04 bits per heavy atom. The first-order chi connectivity index (χ1) is 12.6. The summed E-state index contributed by atoms with van der Waals surface area (Å²) in [4.78, 5) is 11.8. The first-order valence-corrected chi connectivity index (χ1v) is 8.50. The lowest BCUT2D eigenvalue weighted by Gasteiger charge is -2.23. The van der Waals surface area contributed by atoms with Crippen molar-refractivity contribution in [2.45, 2.75) is 25.6 Å². The van der Waals surface area contributed by atoms with E-state index >= 15 is 0 Å². The topological polar surface area (TPSA) is 70.9 Å². The average Bonchev–Trinajstić information content (AvgIpc) is 3.06. The molecule has 2 heterocycles. The van der Waals surface area contributed by atoms with E-state index in [0.29, 0.717) is 23.1 Å². The summed E-state index contributed by atoms with van der Waals surface area (Å²) in [5, 5.41) is 12.2. The molecule has 142 valence electrons. The fourth-order valence-corrected chi connectivity index (χ4v) is 3.23. The van der Waals surface area contributed by atoms with E-state index in [4.69, 9.17) is 0 Å². The van der Waals surface area contributed by atoms with Gasteiger partial charge in [0.15, 0.2) is 5.82 Å². The molecule has 0 bridgehead atoms. The summed E-state index contributed by atoms with van der Waals surface area (Å²) in [6.45, 7) is 2.48. The monoisotopic (exact) mass is 398 g/mol. The molecule has 27 heavy (non-hydrogen) atoms. The van der Waals surface area contributed by atoms with Gasteiger partial charge in [-0.1, -0.05) is 6.07 Å². The van der Waals surface area contributed by atoms with Crippen molar-refractivity contribution in [3.8, 4) is 10.4 Å². The lowest BCUT2D eigenvalue weighted by atomic mass is 10.1. The first kappa shape index (κ1) is 19.2. The molecule has 1 unspecified atom stereocenters. The number of benzene rings is 1. The number of nitrogens with zero attached hydrogens (tertiary/aromatic N) is 3.